The number of rotatable bonds is 6. The molecule has 2 aromatic heterocycles. The largest absolute Gasteiger partial charge is 0.392 e. The van der Waals surface area contributed by atoms with E-state index in [4.69, 9.17) is 23.2 Å². The van der Waals surface area contributed by atoms with E-state index in [0.717, 1.165) is 50.0 Å². The molecule has 4 heterocycles. The normalized spacial score (nSPS) is 19.4. The number of hydrogen-bond donors (Lipinski definition) is 2. The van der Waals surface area contributed by atoms with Crippen LogP contribution in [-0.4, -0.2) is 69.6 Å². The number of aromatic nitrogens is 2. The number of nitrogens with one attached hydrogen (secondary N) is 1. The number of aliphatic hydroxyl groups is 1. The van der Waals surface area contributed by atoms with Gasteiger partial charge in [-0.1, -0.05) is 29.3 Å². The standard InChI is InChI=1S/C28H32Cl2N4O2/c29-24-5-3-19(16-25(24)30)4-6-27(36)34-14-9-21(10-15-34)26(35)18-33-12-7-20(8-13-33)23-17-32-28-22(23)2-1-11-31-28/h1-6,11,16-17,20-21,26,35H,7-10,12-15,18H2,(H,31,32)/b6-4+. The smallest absolute Gasteiger partial charge is 0.246 e. The minimum atomic E-state index is -0.358. The van der Waals surface area contributed by atoms with Gasteiger partial charge in [-0.05, 0) is 92.1 Å². The lowest BCUT2D eigenvalue weighted by atomic mass is 9.88. The Kier molecular flexibility index (Phi) is 7.96. The Bertz CT molecular complexity index is 1230. The number of H-pyrrole nitrogens is 1. The molecule has 1 amide bonds. The van der Waals surface area contributed by atoms with Crippen LogP contribution < -0.4 is 0 Å². The molecule has 0 bridgehead atoms. The number of piperidine rings is 2. The molecule has 5 rings (SSSR count). The lowest BCUT2D eigenvalue weighted by Gasteiger charge is -2.37. The lowest BCUT2D eigenvalue weighted by Crippen LogP contribution is -2.45. The van der Waals surface area contributed by atoms with E-state index >= 15 is 0 Å². The third-order valence-electron chi connectivity index (χ3n) is 7.71. The second kappa shape index (κ2) is 11.3. The van der Waals surface area contributed by atoms with Gasteiger partial charge in [0.25, 0.3) is 0 Å². The highest BCUT2D eigenvalue weighted by atomic mass is 35.5. The number of benzene rings is 1. The maximum atomic E-state index is 12.6. The number of amides is 1. The molecule has 36 heavy (non-hydrogen) atoms. The summed E-state index contributed by atoms with van der Waals surface area (Å²) in [5.74, 6) is 0.747. The Hall–Kier alpha value is -2.38. The molecule has 0 radical (unpaired) electrons. The number of aliphatic hydroxyl groups excluding tert-OH is 1. The molecule has 2 saturated heterocycles. The Morgan fingerprint density at radius 3 is 2.64 bits per heavy atom. The Balaban J connectivity index is 1.06. The van der Waals surface area contributed by atoms with Crippen LogP contribution in [0.5, 0.6) is 0 Å². The van der Waals surface area contributed by atoms with Gasteiger partial charge < -0.3 is 19.9 Å². The van der Waals surface area contributed by atoms with E-state index in [1.54, 1.807) is 24.3 Å². The average molecular weight is 527 g/mol. The fraction of sp³-hybridized carbons (Fsp3) is 0.429. The fourth-order valence-electron chi connectivity index (χ4n) is 5.55. The zero-order valence-electron chi connectivity index (χ0n) is 20.2. The first-order valence-electron chi connectivity index (χ1n) is 12.7. The summed E-state index contributed by atoms with van der Waals surface area (Å²) in [7, 11) is 0. The first kappa shape index (κ1) is 25.3. The number of fused-ring (bicyclic) bond motifs is 1. The van der Waals surface area contributed by atoms with Crippen molar-refractivity contribution in [2.75, 3.05) is 32.7 Å². The van der Waals surface area contributed by atoms with E-state index in [2.05, 4.69) is 27.1 Å². The molecule has 190 valence electrons. The van der Waals surface area contributed by atoms with Gasteiger partial charge in [0.2, 0.25) is 5.91 Å². The van der Waals surface area contributed by atoms with Crippen LogP contribution in [0.25, 0.3) is 17.1 Å². The SMILES string of the molecule is O=C(/C=C/c1ccc(Cl)c(Cl)c1)N1CCC(C(O)CN2CCC(c3c[nH]c4ncccc34)CC2)CC1. The van der Waals surface area contributed by atoms with E-state index in [1.807, 2.05) is 23.2 Å². The van der Waals surface area contributed by atoms with Crippen molar-refractivity contribution in [3.05, 3.63) is 70.0 Å². The van der Waals surface area contributed by atoms with Crippen molar-refractivity contribution in [1.29, 1.82) is 0 Å². The lowest BCUT2D eigenvalue weighted by molar-refractivity contribution is -0.128. The van der Waals surface area contributed by atoms with Crippen LogP contribution in [0.3, 0.4) is 0 Å². The van der Waals surface area contributed by atoms with Crippen LogP contribution in [0.4, 0.5) is 0 Å². The monoisotopic (exact) mass is 526 g/mol. The van der Waals surface area contributed by atoms with Gasteiger partial charge in [0.1, 0.15) is 5.65 Å². The molecular formula is C28H32Cl2N4O2. The highest BCUT2D eigenvalue weighted by molar-refractivity contribution is 6.42. The maximum absolute atomic E-state index is 12.6. The maximum Gasteiger partial charge on any atom is 0.246 e. The third kappa shape index (κ3) is 5.78. The first-order chi connectivity index (χ1) is 17.5. The molecule has 0 spiro atoms. The molecule has 3 aromatic rings. The molecule has 8 heteroatoms. The van der Waals surface area contributed by atoms with Gasteiger partial charge in [0, 0.05) is 43.5 Å². The Labute approximate surface area is 221 Å². The molecule has 1 unspecified atom stereocenters. The molecule has 1 atom stereocenters. The van der Waals surface area contributed by atoms with Crippen molar-refractivity contribution in [2.24, 2.45) is 5.92 Å². The Morgan fingerprint density at radius 2 is 1.89 bits per heavy atom. The number of hydrogen-bond acceptors (Lipinski definition) is 4. The molecular weight excluding hydrogens is 495 g/mol. The van der Waals surface area contributed by atoms with Crippen LogP contribution in [-0.2, 0) is 4.79 Å². The first-order valence-corrected chi connectivity index (χ1v) is 13.5. The zero-order valence-corrected chi connectivity index (χ0v) is 21.8. The second-order valence-corrected chi connectivity index (χ2v) is 10.8. The summed E-state index contributed by atoms with van der Waals surface area (Å²) in [6, 6.07) is 9.45. The molecule has 0 saturated carbocycles. The zero-order chi connectivity index (χ0) is 25.1. The molecule has 2 aliphatic heterocycles. The third-order valence-corrected chi connectivity index (χ3v) is 8.45. The number of carbonyl (C=O) groups is 1. The van der Waals surface area contributed by atoms with E-state index in [9.17, 15) is 9.90 Å². The molecule has 6 nitrogen and oxygen atoms in total. The van der Waals surface area contributed by atoms with Gasteiger partial charge in [-0.3, -0.25) is 4.79 Å². The molecule has 2 N–H and O–H groups in total. The van der Waals surface area contributed by atoms with E-state index in [-0.39, 0.29) is 17.9 Å². The summed E-state index contributed by atoms with van der Waals surface area (Å²) in [5.41, 5.74) is 3.16. The minimum absolute atomic E-state index is 0.0106. The molecule has 0 aliphatic carbocycles. The van der Waals surface area contributed by atoms with Crippen LogP contribution in [0.1, 0.15) is 42.7 Å². The van der Waals surface area contributed by atoms with E-state index in [0.29, 0.717) is 35.6 Å². The minimum Gasteiger partial charge on any atom is -0.392 e. The van der Waals surface area contributed by atoms with Crippen LogP contribution in [0, 0.1) is 5.92 Å². The van der Waals surface area contributed by atoms with Crippen molar-refractivity contribution >= 4 is 46.2 Å². The number of halogens is 2. The van der Waals surface area contributed by atoms with Gasteiger partial charge >= 0.3 is 0 Å². The predicted octanol–water partition coefficient (Wildman–Crippen LogP) is 5.36. The van der Waals surface area contributed by atoms with E-state index < -0.39 is 0 Å². The number of pyridine rings is 1. The molecule has 2 aliphatic rings. The highest BCUT2D eigenvalue weighted by Crippen LogP contribution is 2.33. The highest BCUT2D eigenvalue weighted by Gasteiger charge is 2.30. The Morgan fingerprint density at radius 1 is 1.11 bits per heavy atom. The summed E-state index contributed by atoms with van der Waals surface area (Å²) >= 11 is 12.0. The second-order valence-electron chi connectivity index (χ2n) is 9.96. The van der Waals surface area contributed by atoms with Crippen LogP contribution >= 0.6 is 23.2 Å². The van der Waals surface area contributed by atoms with Crippen LogP contribution in [0.15, 0.2) is 48.8 Å². The van der Waals surface area contributed by atoms with Crippen molar-refractivity contribution in [3.8, 4) is 0 Å². The van der Waals surface area contributed by atoms with E-state index in [1.165, 1.54) is 10.9 Å². The quantitative estimate of drug-likeness (QED) is 0.424. The summed E-state index contributed by atoms with van der Waals surface area (Å²) in [6.45, 7) is 4.03. The average Bonchev–Trinajstić information content (AvgIpc) is 3.34. The van der Waals surface area contributed by atoms with Crippen LogP contribution in [0.2, 0.25) is 10.0 Å². The molecule has 1 aromatic carbocycles. The number of β-amino-alcohol motifs (C(OH)–C–C–N with tert-alkyl or cyclic N) is 1. The van der Waals surface area contributed by atoms with Crippen molar-refractivity contribution in [2.45, 2.75) is 37.7 Å². The number of aromatic amines is 1. The van der Waals surface area contributed by atoms with Gasteiger partial charge in [-0.15, -0.1) is 0 Å². The van der Waals surface area contributed by atoms with Gasteiger partial charge in [-0.25, -0.2) is 4.98 Å². The van der Waals surface area contributed by atoms with Gasteiger partial charge in [-0.2, -0.15) is 0 Å². The summed E-state index contributed by atoms with van der Waals surface area (Å²) in [6.07, 6.45) is 10.8. The van der Waals surface area contributed by atoms with Crippen molar-refractivity contribution < 1.29 is 9.90 Å². The number of nitrogens with zero attached hydrogens (tertiary/aromatic N) is 3. The van der Waals surface area contributed by atoms with Gasteiger partial charge in [0.15, 0.2) is 0 Å². The van der Waals surface area contributed by atoms with Gasteiger partial charge in [0.05, 0.1) is 16.1 Å². The summed E-state index contributed by atoms with van der Waals surface area (Å²) in [4.78, 5) is 24.6. The molecule has 2 fully saturated rings. The fourth-order valence-corrected chi connectivity index (χ4v) is 5.86. The predicted molar refractivity (Wildman–Crippen MR) is 145 cm³/mol. The number of likely N-dealkylation sites (tertiary alicyclic amines) is 2. The van der Waals surface area contributed by atoms with Crippen molar-refractivity contribution in [3.63, 3.8) is 0 Å². The summed E-state index contributed by atoms with van der Waals surface area (Å²) < 4.78 is 0. The van der Waals surface area contributed by atoms with Crippen molar-refractivity contribution in [1.82, 2.24) is 19.8 Å². The topological polar surface area (TPSA) is 72.5 Å². The summed E-state index contributed by atoms with van der Waals surface area (Å²) in [5, 5.41) is 13.1. The number of carbonyl (C=O) groups excluding carboxylic acids is 1.